The summed E-state index contributed by atoms with van der Waals surface area (Å²) in [6, 6.07) is 6.66. The molecule has 1 N–H and O–H groups in total. The lowest BCUT2D eigenvalue weighted by molar-refractivity contribution is -0.140. The Morgan fingerprint density at radius 2 is 1.85 bits per heavy atom. The predicted molar refractivity (Wildman–Crippen MR) is 102 cm³/mol. The van der Waals surface area contributed by atoms with Gasteiger partial charge in [0.25, 0.3) is 0 Å². The van der Waals surface area contributed by atoms with E-state index < -0.39 is 0 Å². The van der Waals surface area contributed by atoms with Crippen LogP contribution in [0.2, 0.25) is 0 Å². The molecule has 1 amide bonds. The monoisotopic (exact) mass is 361 g/mol. The van der Waals surface area contributed by atoms with E-state index in [1.165, 1.54) is 12.1 Å². The number of hydrogen-bond donors (Lipinski definition) is 1. The molecule has 0 radical (unpaired) electrons. The maximum atomic E-state index is 13.1. The van der Waals surface area contributed by atoms with E-state index in [0.29, 0.717) is 11.8 Å². The van der Waals surface area contributed by atoms with Gasteiger partial charge in [0.1, 0.15) is 5.82 Å². The van der Waals surface area contributed by atoms with Crippen LogP contribution in [0.3, 0.4) is 0 Å². The van der Waals surface area contributed by atoms with Crippen LogP contribution in [0.5, 0.6) is 0 Å². The van der Waals surface area contributed by atoms with Gasteiger partial charge in [0.2, 0.25) is 5.91 Å². The van der Waals surface area contributed by atoms with Gasteiger partial charge >= 0.3 is 0 Å². The number of likely N-dealkylation sites (tertiary alicyclic amines) is 2. The van der Waals surface area contributed by atoms with Crippen molar-refractivity contribution in [3.8, 4) is 0 Å². The van der Waals surface area contributed by atoms with Crippen LogP contribution in [-0.2, 0) is 11.3 Å². The van der Waals surface area contributed by atoms with E-state index in [1.54, 1.807) is 0 Å². The highest BCUT2D eigenvalue weighted by Crippen LogP contribution is 2.24. The van der Waals surface area contributed by atoms with Gasteiger partial charge in [0, 0.05) is 19.6 Å². The molecule has 2 fully saturated rings. The van der Waals surface area contributed by atoms with Crippen LogP contribution >= 0.6 is 0 Å². The van der Waals surface area contributed by atoms with Crippen molar-refractivity contribution < 1.29 is 9.18 Å². The second kappa shape index (κ2) is 9.47. The Labute approximate surface area is 156 Å². The summed E-state index contributed by atoms with van der Waals surface area (Å²) in [7, 11) is 0. The number of carbonyl (C=O) groups is 1. The Morgan fingerprint density at radius 3 is 2.54 bits per heavy atom. The van der Waals surface area contributed by atoms with Gasteiger partial charge in [-0.25, -0.2) is 4.39 Å². The Hall–Kier alpha value is -1.46. The first-order valence-corrected chi connectivity index (χ1v) is 10.2. The smallest absolute Gasteiger partial charge is 0.239 e. The minimum Gasteiger partial charge on any atom is -0.341 e. The molecular weight excluding hydrogens is 329 g/mol. The number of hydrogen-bond acceptors (Lipinski definition) is 3. The van der Waals surface area contributed by atoms with Crippen molar-refractivity contribution in [1.29, 1.82) is 0 Å². The Balaban J connectivity index is 1.57. The number of amides is 1. The van der Waals surface area contributed by atoms with E-state index in [9.17, 15) is 9.18 Å². The Kier molecular flexibility index (Phi) is 7.03. The van der Waals surface area contributed by atoms with Crippen LogP contribution in [0, 0.1) is 11.7 Å². The maximum Gasteiger partial charge on any atom is 0.239 e. The highest BCUT2D eigenvalue weighted by atomic mass is 19.1. The maximum absolute atomic E-state index is 13.1. The van der Waals surface area contributed by atoms with Crippen molar-refractivity contribution >= 4 is 5.91 Å². The molecule has 5 heteroatoms. The molecular formula is C21H32FN3O. The summed E-state index contributed by atoms with van der Waals surface area (Å²) in [5.41, 5.74) is 1.08. The lowest BCUT2D eigenvalue weighted by Gasteiger charge is -2.40. The first-order chi connectivity index (χ1) is 12.7. The third kappa shape index (κ3) is 5.04. The number of nitrogens with one attached hydrogen (secondary N) is 1. The molecule has 2 aliphatic rings. The molecule has 0 aliphatic carbocycles. The van der Waals surface area contributed by atoms with Crippen LogP contribution < -0.4 is 5.32 Å². The zero-order chi connectivity index (χ0) is 18.4. The molecule has 0 spiro atoms. The first kappa shape index (κ1) is 19.3. The number of nitrogens with zero attached hydrogens (tertiary/aromatic N) is 2. The minimum atomic E-state index is -0.208. The summed E-state index contributed by atoms with van der Waals surface area (Å²) < 4.78 is 13.1. The number of benzene rings is 1. The zero-order valence-corrected chi connectivity index (χ0v) is 15.9. The summed E-state index contributed by atoms with van der Waals surface area (Å²) in [6.45, 7) is 7.67. The average Bonchev–Trinajstić information content (AvgIpc) is 2.68. The lowest BCUT2D eigenvalue weighted by atomic mass is 9.94. The van der Waals surface area contributed by atoms with Crippen molar-refractivity contribution in [3.05, 3.63) is 35.6 Å². The third-order valence-corrected chi connectivity index (χ3v) is 5.81. The number of rotatable bonds is 6. The van der Waals surface area contributed by atoms with Gasteiger partial charge in [-0.05, 0) is 68.9 Å². The standard InChI is InChI=1S/C21H32FN3O/c1-2-23-15-17-10-13-24(14-11-17)21(26)20-5-3-4-12-25(20)16-18-6-8-19(22)9-7-18/h6-9,17,20,23H,2-5,10-16H2,1H3. The topological polar surface area (TPSA) is 35.6 Å². The molecule has 0 aromatic heterocycles. The molecule has 1 aromatic rings. The van der Waals surface area contributed by atoms with Crippen molar-refractivity contribution in [1.82, 2.24) is 15.1 Å². The first-order valence-electron chi connectivity index (χ1n) is 10.2. The second-order valence-electron chi connectivity index (χ2n) is 7.68. The number of piperidine rings is 2. The number of carbonyl (C=O) groups excluding carboxylic acids is 1. The fraction of sp³-hybridized carbons (Fsp3) is 0.667. The summed E-state index contributed by atoms with van der Waals surface area (Å²) >= 11 is 0. The molecule has 1 unspecified atom stereocenters. The van der Waals surface area contributed by atoms with Crippen LogP contribution in [-0.4, -0.2) is 54.5 Å². The summed E-state index contributed by atoms with van der Waals surface area (Å²) in [4.78, 5) is 17.5. The predicted octanol–water partition coefficient (Wildman–Crippen LogP) is 3.03. The van der Waals surface area contributed by atoms with Crippen LogP contribution in [0.4, 0.5) is 4.39 Å². The van der Waals surface area contributed by atoms with E-state index in [1.807, 2.05) is 12.1 Å². The van der Waals surface area contributed by atoms with Gasteiger partial charge in [-0.15, -0.1) is 0 Å². The van der Waals surface area contributed by atoms with Crippen molar-refractivity contribution in [2.45, 2.75) is 51.6 Å². The second-order valence-corrected chi connectivity index (χ2v) is 7.68. The molecule has 144 valence electrons. The van der Waals surface area contributed by atoms with Gasteiger partial charge < -0.3 is 10.2 Å². The lowest BCUT2D eigenvalue weighted by Crippen LogP contribution is -2.52. The number of halogens is 1. The third-order valence-electron chi connectivity index (χ3n) is 5.81. The fourth-order valence-corrected chi connectivity index (χ4v) is 4.20. The molecule has 2 saturated heterocycles. The highest BCUT2D eigenvalue weighted by Gasteiger charge is 2.33. The largest absolute Gasteiger partial charge is 0.341 e. The molecule has 1 aromatic carbocycles. The molecule has 4 nitrogen and oxygen atoms in total. The van der Waals surface area contributed by atoms with Gasteiger partial charge in [0.05, 0.1) is 6.04 Å². The van der Waals surface area contributed by atoms with E-state index >= 15 is 0 Å². The molecule has 26 heavy (non-hydrogen) atoms. The molecule has 1 atom stereocenters. The summed E-state index contributed by atoms with van der Waals surface area (Å²) in [5.74, 6) is 0.787. The summed E-state index contributed by atoms with van der Waals surface area (Å²) in [6.07, 6.45) is 5.40. The molecule has 0 bridgehead atoms. The van der Waals surface area contributed by atoms with Gasteiger partial charge in [-0.2, -0.15) is 0 Å². The highest BCUT2D eigenvalue weighted by molar-refractivity contribution is 5.82. The van der Waals surface area contributed by atoms with E-state index in [2.05, 4.69) is 22.0 Å². The van der Waals surface area contributed by atoms with Crippen molar-refractivity contribution in [3.63, 3.8) is 0 Å². The van der Waals surface area contributed by atoms with Gasteiger partial charge in [0.15, 0.2) is 0 Å². The van der Waals surface area contributed by atoms with Gasteiger partial charge in [-0.1, -0.05) is 25.5 Å². The van der Waals surface area contributed by atoms with Crippen LogP contribution in [0.1, 0.15) is 44.6 Å². The summed E-state index contributed by atoms with van der Waals surface area (Å²) in [5, 5.41) is 3.43. The van der Waals surface area contributed by atoms with Crippen molar-refractivity contribution in [2.24, 2.45) is 5.92 Å². The van der Waals surface area contributed by atoms with Gasteiger partial charge in [-0.3, -0.25) is 9.69 Å². The molecule has 2 heterocycles. The average molecular weight is 362 g/mol. The Bertz CT molecular complexity index is 569. The van der Waals surface area contributed by atoms with E-state index in [0.717, 1.165) is 76.9 Å². The van der Waals surface area contributed by atoms with Crippen LogP contribution in [0.25, 0.3) is 0 Å². The zero-order valence-electron chi connectivity index (χ0n) is 15.9. The quantitative estimate of drug-likeness (QED) is 0.846. The normalized spacial score (nSPS) is 22.5. The molecule has 0 saturated carbocycles. The minimum absolute atomic E-state index is 0.0147. The fourth-order valence-electron chi connectivity index (χ4n) is 4.20. The van der Waals surface area contributed by atoms with E-state index in [-0.39, 0.29) is 11.9 Å². The molecule has 2 aliphatic heterocycles. The SMILES string of the molecule is CCNCC1CCN(C(=O)C2CCCCN2Cc2ccc(F)cc2)CC1. The Morgan fingerprint density at radius 1 is 1.12 bits per heavy atom. The van der Waals surface area contributed by atoms with Crippen molar-refractivity contribution in [2.75, 3.05) is 32.7 Å². The van der Waals surface area contributed by atoms with Crippen LogP contribution in [0.15, 0.2) is 24.3 Å². The molecule has 3 rings (SSSR count). The van der Waals surface area contributed by atoms with E-state index in [4.69, 9.17) is 0 Å².